The van der Waals surface area contributed by atoms with Gasteiger partial charge >= 0.3 is 12.1 Å². The summed E-state index contributed by atoms with van der Waals surface area (Å²) in [4.78, 5) is 24.1. The molecule has 0 fully saturated rings. The molecular weight excluding hydrogens is 365 g/mol. The monoisotopic (exact) mass is 376 g/mol. The third kappa shape index (κ3) is 2.96. The van der Waals surface area contributed by atoms with Crippen molar-refractivity contribution in [3.63, 3.8) is 0 Å². The number of carbonyl (C=O) groups is 1. The average molecular weight is 376 g/mol. The first-order valence-electron chi connectivity index (χ1n) is 7.71. The topological polar surface area (TPSA) is 98.2 Å². The van der Waals surface area contributed by atoms with E-state index in [1.54, 1.807) is 19.9 Å². The molecule has 0 atom stereocenters. The Labute approximate surface area is 149 Å². The van der Waals surface area contributed by atoms with Gasteiger partial charge in [-0.25, -0.2) is 14.5 Å². The van der Waals surface area contributed by atoms with Crippen molar-refractivity contribution < 1.29 is 22.4 Å². The molecule has 8 nitrogen and oxygen atoms in total. The summed E-state index contributed by atoms with van der Waals surface area (Å²) < 4.78 is 44.5. The Hall–Kier alpha value is -3.50. The fraction of sp³-hybridized carbons (Fsp3) is 0.188. The number of amides is 1. The van der Waals surface area contributed by atoms with Crippen LogP contribution in [0.1, 0.15) is 27.9 Å². The number of anilines is 1. The van der Waals surface area contributed by atoms with Gasteiger partial charge in [0.15, 0.2) is 5.58 Å². The molecule has 0 bridgehead atoms. The zero-order chi connectivity index (χ0) is 19.3. The zero-order valence-corrected chi connectivity index (χ0v) is 14.0. The zero-order valence-electron chi connectivity index (χ0n) is 14.0. The number of aryl methyl sites for hydroxylation is 2. The Morgan fingerprint density at radius 3 is 2.70 bits per heavy atom. The van der Waals surface area contributed by atoms with E-state index in [0.29, 0.717) is 5.69 Å². The van der Waals surface area contributed by atoms with Crippen LogP contribution in [0.4, 0.5) is 18.9 Å². The summed E-state index contributed by atoms with van der Waals surface area (Å²) >= 11 is 0. The summed E-state index contributed by atoms with van der Waals surface area (Å²) in [6.07, 6.45) is -4.73. The average Bonchev–Trinajstić information content (AvgIpc) is 3.19. The number of nitrogens with one attached hydrogen (secondary N) is 1. The van der Waals surface area contributed by atoms with Crippen LogP contribution in [0.2, 0.25) is 0 Å². The molecule has 0 aliphatic carbocycles. The maximum atomic E-state index is 12.8. The maximum absolute atomic E-state index is 12.8. The molecule has 4 rings (SSSR count). The van der Waals surface area contributed by atoms with Crippen LogP contribution in [0.3, 0.4) is 0 Å². The van der Waals surface area contributed by atoms with Gasteiger partial charge in [0, 0.05) is 11.4 Å². The van der Waals surface area contributed by atoms with Crippen molar-refractivity contribution in [3.05, 3.63) is 47.4 Å². The molecule has 1 aromatic carbocycles. The van der Waals surface area contributed by atoms with E-state index < -0.39 is 18.0 Å². The molecule has 0 unspecified atom stereocenters. The van der Waals surface area contributed by atoms with Gasteiger partial charge < -0.3 is 9.73 Å². The Morgan fingerprint density at radius 1 is 1.19 bits per heavy atom. The number of oxazole rings is 1. The van der Waals surface area contributed by atoms with Crippen LogP contribution < -0.4 is 5.32 Å². The van der Waals surface area contributed by atoms with Crippen LogP contribution >= 0.6 is 0 Å². The fourth-order valence-corrected chi connectivity index (χ4v) is 2.61. The molecular formula is C16H11F3N6O2. The second-order valence-corrected chi connectivity index (χ2v) is 5.81. The van der Waals surface area contributed by atoms with Crippen molar-refractivity contribution in [1.82, 2.24) is 24.6 Å². The lowest BCUT2D eigenvalue weighted by Gasteiger charge is -2.02. The van der Waals surface area contributed by atoms with E-state index in [0.717, 1.165) is 5.69 Å². The van der Waals surface area contributed by atoms with Crippen LogP contribution in [0.5, 0.6) is 0 Å². The predicted molar refractivity (Wildman–Crippen MR) is 87.2 cm³/mol. The second-order valence-electron chi connectivity index (χ2n) is 5.81. The number of fused-ring (bicyclic) bond motifs is 2. The van der Waals surface area contributed by atoms with Gasteiger partial charge in [-0.05, 0) is 32.0 Å². The number of rotatable bonds is 2. The summed E-state index contributed by atoms with van der Waals surface area (Å²) in [7, 11) is 0. The Morgan fingerprint density at radius 2 is 1.96 bits per heavy atom. The lowest BCUT2D eigenvalue weighted by atomic mass is 10.2. The van der Waals surface area contributed by atoms with E-state index in [2.05, 4.69) is 25.4 Å². The first-order chi connectivity index (χ1) is 12.7. The predicted octanol–water partition coefficient (Wildman–Crippen LogP) is 3.15. The van der Waals surface area contributed by atoms with Crippen molar-refractivity contribution >= 4 is 28.5 Å². The SMILES string of the molecule is Cc1cc(C)n2nc(C(=O)Nc3cccc4oc(C(F)(F)F)nc34)nc2n1. The van der Waals surface area contributed by atoms with Crippen LogP contribution in [-0.2, 0) is 6.18 Å². The number of hydrogen-bond acceptors (Lipinski definition) is 6. The van der Waals surface area contributed by atoms with Gasteiger partial charge in [0.25, 0.3) is 11.7 Å². The minimum absolute atomic E-state index is 0.0523. The number of carbonyl (C=O) groups excluding carboxylic acids is 1. The van der Waals surface area contributed by atoms with Crippen molar-refractivity contribution in [1.29, 1.82) is 0 Å². The number of hydrogen-bond donors (Lipinski definition) is 1. The third-order valence-corrected chi connectivity index (χ3v) is 3.73. The highest BCUT2D eigenvalue weighted by molar-refractivity contribution is 6.05. The third-order valence-electron chi connectivity index (χ3n) is 3.73. The molecule has 0 saturated carbocycles. The number of halogens is 3. The van der Waals surface area contributed by atoms with Crippen molar-refractivity contribution in [2.24, 2.45) is 0 Å². The van der Waals surface area contributed by atoms with Gasteiger partial charge in [0.2, 0.25) is 5.82 Å². The van der Waals surface area contributed by atoms with Crippen LogP contribution in [-0.4, -0.2) is 30.5 Å². The van der Waals surface area contributed by atoms with E-state index in [1.807, 2.05) is 0 Å². The second kappa shape index (κ2) is 5.76. The molecule has 4 aromatic rings. The smallest absolute Gasteiger partial charge is 0.433 e. The normalized spacial score (nSPS) is 12.0. The molecule has 0 saturated heterocycles. The highest BCUT2D eigenvalue weighted by atomic mass is 19.4. The van der Waals surface area contributed by atoms with E-state index >= 15 is 0 Å². The Bertz CT molecular complexity index is 1190. The first kappa shape index (κ1) is 16.9. The van der Waals surface area contributed by atoms with E-state index in [4.69, 9.17) is 4.42 Å². The van der Waals surface area contributed by atoms with Crippen molar-refractivity contribution in [2.45, 2.75) is 20.0 Å². The summed E-state index contributed by atoms with van der Waals surface area (Å²) in [6, 6.07) is 5.95. The van der Waals surface area contributed by atoms with Crippen LogP contribution in [0.15, 0.2) is 28.7 Å². The molecule has 3 aromatic heterocycles. The summed E-state index contributed by atoms with van der Waals surface area (Å²) in [6.45, 7) is 3.57. The van der Waals surface area contributed by atoms with Gasteiger partial charge in [0.05, 0.1) is 5.69 Å². The van der Waals surface area contributed by atoms with Crippen LogP contribution in [0, 0.1) is 13.8 Å². The minimum Gasteiger partial charge on any atom is -0.433 e. The van der Waals surface area contributed by atoms with Gasteiger partial charge in [-0.2, -0.15) is 18.2 Å². The summed E-state index contributed by atoms with van der Waals surface area (Å²) in [5, 5.41) is 6.55. The van der Waals surface area contributed by atoms with Gasteiger partial charge in [-0.1, -0.05) is 6.07 Å². The number of nitrogens with zero attached hydrogens (tertiary/aromatic N) is 5. The van der Waals surface area contributed by atoms with Crippen molar-refractivity contribution in [2.75, 3.05) is 5.32 Å². The lowest BCUT2D eigenvalue weighted by molar-refractivity contribution is -0.156. The standard InChI is InChI=1S/C16H11F3N6O2/c1-7-6-8(2)25-15(20-7)23-12(24-25)13(26)21-9-4-3-5-10-11(9)22-14(27-10)16(17,18)19/h3-6H,1-2H3,(H,21,26). The fourth-order valence-electron chi connectivity index (χ4n) is 2.61. The molecule has 27 heavy (non-hydrogen) atoms. The molecule has 0 radical (unpaired) electrons. The maximum Gasteiger partial charge on any atom is 0.468 e. The first-order valence-corrected chi connectivity index (χ1v) is 7.71. The molecule has 0 aliphatic heterocycles. The molecule has 1 amide bonds. The lowest BCUT2D eigenvalue weighted by Crippen LogP contribution is -2.14. The van der Waals surface area contributed by atoms with E-state index in [1.165, 1.54) is 22.7 Å². The molecule has 3 heterocycles. The number of benzene rings is 1. The van der Waals surface area contributed by atoms with Gasteiger partial charge in [-0.15, -0.1) is 5.10 Å². The molecule has 138 valence electrons. The summed E-state index contributed by atoms with van der Waals surface area (Å²) in [5.74, 6) is -2.02. The molecule has 0 spiro atoms. The molecule has 0 aliphatic rings. The number of para-hydroxylation sites is 1. The number of alkyl halides is 3. The van der Waals surface area contributed by atoms with Crippen molar-refractivity contribution in [3.8, 4) is 0 Å². The largest absolute Gasteiger partial charge is 0.468 e. The molecule has 1 N–H and O–H groups in total. The number of aromatic nitrogens is 5. The molecule has 11 heteroatoms. The highest BCUT2D eigenvalue weighted by Gasteiger charge is 2.37. The van der Waals surface area contributed by atoms with Gasteiger partial charge in [-0.3, -0.25) is 4.79 Å². The van der Waals surface area contributed by atoms with Gasteiger partial charge in [0.1, 0.15) is 5.52 Å². The summed E-state index contributed by atoms with van der Waals surface area (Å²) in [5.41, 5.74) is 1.28. The highest BCUT2D eigenvalue weighted by Crippen LogP contribution is 2.33. The van der Waals surface area contributed by atoms with Crippen LogP contribution in [0.25, 0.3) is 16.9 Å². The van der Waals surface area contributed by atoms with E-state index in [9.17, 15) is 18.0 Å². The minimum atomic E-state index is -4.73. The Kier molecular flexibility index (Phi) is 3.61. The Balaban J connectivity index is 1.71. The van der Waals surface area contributed by atoms with E-state index in [-0.39, 0.29) is 28.4 Å². The quantitative estimate of drug-likeness (QED) is 0.577.